The molecule has 1 heterocycles. The Balaban J connectivity index is 1.54. The van der Waals surface area contributed by atoms with Gasteiger partial charge in [-0.3, -0.25) is 9.59 Å². The second-order valence-corrected chi connectivity index (χ2v) is 10.4. The van der Waals surface area contributed by atoms with Crippen molar-refractivity contribution in [1.82, 2.24) is 9.80 Å². The smallest absolute Gasteiger partial charge is 0.248 e. The van der Waals surface area contributed by atoms with E-state index in [2.05, 4.69) is 17.0 Å². The van der Waals surface area contributed by atoms with Crippen molar-refractivity contribution in [2.45, 2.75) is 18.9 Å². The molecule has 0 spiro atoms. The van der Waals surface area contributed by atoms with Crippen LogP contribution in [0.2, 0.25) is 10.0 Å². The molecule has 0 aromatic heterocycles. The molecule has 1 unspecified atom stereocenters. The Morgan fingerprint density at radius 1 is 0.919 bits per heavy atom. The summed E-state index contributed by atoms with van der Waals surface area (Å²) < 4.78 is 0. The number of primary amides is 1. The Hall–Kier alpha value is -3.06. The van der Waals surface area contributed by atoms with E-state index >= 15 is 0 Å². The number of amides is 2. The van der Waals surface area contributed by atoms with Crippen molar-refractivity contribution in [3.63, 3.8) is 0 Å². The van der Waals surface area contributed by atoms with Crippen molar-refractivity contribution in [1.29, 1.82) is 0 Å². The molecule has 0 radical (unpaired) electrons. The van der Waals surface area contributed by atoms with E-state index in [0.717, 1.165) is 42.0 Å². The number of hydrogen-bond acceptors (Lipinski definition) is 4. The van der Waals surface area contributed by atoms with Crippen LogP contribution in [-0.4, -0.2) is 61.9 Å². The van der Waals surface area contributed by atoms with Crippen LogP contribution >= 0.6 is 23.2 Å². The standard InChI is InChI=1S/C29H32Cl2N4O2/c1-33(24-12-13-25(30)26(31)17-24)19-28(36)34(2)27(18-35-14-3-4-15-35)21-10-8-20(9-11-21)22-6-5-7-23(16-22)29(32)37/h5-13,16-17,27H,3-4,14-15,18-19H2,1-2H3,(H2,32,37). The first-order valence-corrected chi connectivity index (χ1v) is 13.1. The summed E-state index contributed by atoms with van der Waals surface area (Å²) in [4.78, 5) is 31.2. The summed E-state index contributed by atoms with van der Waals surface area (Å²) >= 11 is 12.2. The Kier molecular flexibility index (Phi) is 8.75. The minimum atomic E-state index is -0.449. The van der Waals surface area contributed by atoms with Crippen molar-refractivity contribution in [3.05, 3.63) is 87.9 Å². The second kappa shape index (κ2) is 12.0. The lowest BCUT2D eigenvalue weighted by molar-refractivity contribution is -0.131. The van der Waals surface area contributed by atoms with Crippen LogP contribution in [0.15, 0.2) is 66.7 Å². The van der Waals surface area contributed by atoms with Crippen LogP contribution in [0.25, 0.3) is 11.1 Å². The molecule has 2 amide bonds. The third-order valence-electron chi connectivity index (χ3n) is 6.98. The fourth-order valence-electron chi connectivity index (χ4n) is 4.71. The maximum atomic E-state index is 13.4. The first-order valence-electron chi connectivity index (χ1n) is 12.4. The number of benzene rings is 3. The summed E-state index contributed by atoms with van der Waals surface area (Å²) in [5.74, 6) is -0.439. The highest BCUT2D eigenvalue weighted by Crippen LogP contribution is 2.29. The van der Waals surface area contributed by atoms with Gasteiger partial charge in [-0.15, -0.1) is 0 Å². The van der Waals surface area contributed by atoms with Gasteiger partial charge in [0, 0.05) is 31.9 Å². The van der Waals surface area contributed by atoms with Crippen molar-refractivity contribution in [2.75, 3.05) is 45.2 Å². The predicted octanol–water partition coefficient (Wildman–Crippen LogP) is 5.49. The highest BCUT2D eigenvalue weighted by atomic mass is 35.5. The number of likely N-dealkylation sites (tertiary alicyclic amines) is 1. The minimum absolute atomic E-state index is 0.0102. The molecular weight excluding hydrogens is 507 g/mol. The first-order chi connectivity index (χ1) is 17.7. The molecule has 1 atom stereocenters. The molecule has 1 saturated heterocycles. The van der Waals surface area contributed by atoms with E-state index in [0.29, 0.717) is 15.6 Å². The summed E-state index contributed by atoms with van der Waals surface area (Å²) in [5.41, 5.74) is 9.73. The normalized spacial score (nSPS) is 14.4. The van der Waals surface area contributed by atoms with Crippen LogP contribution in [0.5, 0.6) is 0 Å². The molecule has 37 heavy (non-hydrogen) atoms. The number of rotatable bonds is 9. The topological polar surface area (TPSA) is 69.9 Å². The number of anilines is 1. The maximum Gasteiger partial charge on any atom is 0.248 e. The van der Waals surface area contributed by atoms with Crippen molar-refractivity contribution in [3.8, 4) is 11.1 Å². The molecule has 8 heteroatoms. The third-order valence-corrected chi connectivity index (χ3v) is 7.72. The van der Waals surface area contributed by atoms with Crippen LogP contribution in [0, 0.1) is 0 Å². The van der Waals surface area contributed by atoms with E-state index in [4.69, 9.17) is 28.9 Å². The monoisotopic (exact) mass is 538 g/mol. The predicted molar refractivity (Wildman–Crippen MR) is 151 cm³/mol. The molecule has 1 aliphatic rings. The zero-order valence-electron chi connectivity index (χ0n) is 21.2. The molecular formula is C29H32Cl2N4O2. The SMILES string of the molecule is CN(CC(=O)N(C)C(CN1CCCC1)c1ccc(-c2cccc(C(N)=O)c2)cc1)c1ccc(Cl)c(Cl)c1. The summed E-state index contributed by atoms with van der Waals surface area (Å²) in [6.45, 7) is 3.07. The Bertz CT molecular complexity index is 1260. The highest BCUT2D eigenvalue weighted by molar-refractivity contribution is 6.42. The van der Waals surface area contributed by atoms with Crippen LogP contribution in [0.1, 0.15) is 34.8 Å². The van der Waals surface area contributed by atoms with E-state index in [9.17, 15) is 9.59 Å². The fourth-order valence-corrected chi connectivity index (χ4v) is 5.01. The van der Waals surface area contributed by atoms with Gasteiger partial charge >= 0.3 is 0 Å². The van der Waals surface area contributed by atoms with Gasteiger partial charge in [0.15, 0.2) is 0 Å². The highest BCUT2D eigenvalue weighted by Gasteiger charge is 2.26. The van der Waals surface area contributed by atoms with Gasteiger partial charge in [0.25, 0.3) is 0 Å². The first kappa shape index (κ1) is 27.0. The third kappa shape index (κ3) is 6.63. The van der Waals surface area contributed by atoms with Crippen molar-refractivity contribution < 1.29 is 9.59 Å². The van der Waals surface area contributed by atoms with E-state index in [1.165, 1.54) is 12.8 Å². The van der Waals surface area contributed by atoms with Gasteiger partial charge in [0.1, 0.15) is 0 Å². The zero-order chi connectivity index (χ0) is 26.5. The number of likely N-dealkylation sites (N-methyl/N-ethyl adjacent to an activating group) is 2. The lowest BCUT2D eigenvalue weighted by Crippen LogP contribution is -2.42. The van der Waals surface area contributed by atoms with E-state index < -0.39 is 5.91 Å². The van der Waals surface area contributed by atoms with Crippen molar-refractivity contribution >= 4 is 40.7 Å². The lowest BCUT2D eigenvalue weighted by atomic mass is 9.98. The summed E-state index contributed by atoms with van der Waals surface area (Å²) in [7, 11) is 3.74. The summed E-state index contributed by atoms with van der Waals surface area (Å²) in [6.07, 6.45) is 2.36. The molecule has 0 saturated carbocycles. The van der Waals surface area contributed by atoms with Crippen LogP contribution in [0.3, 0.4) is 0 Å². The van der Waals surface area contributed by atoms with Crippen LogP contribution in [0.4, 0.5) is 5.69 Å². The van der Waals surface area contributed by atoms with Gasteiger partial charge in [0.05, 0.1) is 22.6 Å². The largest absolute Gasteiger partial charge is 0.366 e. The molecule has 1 fully saturated rings. The number of hydrogen-bond donors (Lipinski definition) is 1. The van der Waals surface area contributed by atoms with Gasteiger partial charge in [0.2, 0.25) is 11.8 Å². The Labute approximate surface area is 228 Å². The number of carbonyl (C=O) groups is 2. The number of nitrogens with two attached hydrogens (primary N) is 1. The van der Waals surface area contributed by atoms with Gasteiger partial charge in [-0.05, 0) is 73.0 Å². The van der Waals surface area contributed by atoms with E-state index in [1.54, 1.807) is 24.3 Å². The number of halogens is 2. The van der Waals surface area contributed by atoms with E-state index in [1.807, 2.05) is 54.2 Å². The summed E-state index contributed by atoms with van der Waals surface area (Å²) in [5, 5.41) is 0.943. The second-order valence-electron chi connectivity index (χ2n) is 9.55. The fraction of sp³-hybridized carbons (Fsp3) is 0.310. The van der Waals surface area contributed by atoms with Gasteiger partial charge in [-0.2, -0.15) is 0 Å². The van der Waals surface area contributed by atoms with Gasteiger partial charge < -0.3 is 20.4 Å². The van der Waals surface area contributed by atoms with Crippen molar-refractivity contribution in [2.24, 2.45) is 5.73 Å². The van der Waals surface area contributed by atoms with E-state index in [-0.39, 0.29) is 18.5 Å². The minimum Gasteiger partial charge on any atom is -0.366 e. The van der Waals surface area contributed by atoms with Crippen LogP contribution in [-0.2, 0) is 4.79 Å². The average Bonchev–Trinajstić information content (AvgIpc) is 3.42. The molecule has 0 aliphatic carbocycles. The molecule has 194 valence electrons. The Morgan fingerprint density at radius 3 is 2.27 bits per heavy atom. The zero-order valence-corrected chi connectivity index (χ0v) is 22.7. The molecule has 1 aliphatic heterocycles. The summed E-state index contributed by atoms with van der Waals surface area (Å²) in [6, 6.07) is 20.8. The van der Waals surface area contributed by atoms with Crippen LogP contribution < -0.4 is 10.6 Å². The van der Waals surface area contributed by atoms with Gasteiger partial charge in [-0.25, -0.2) is 0 Å². The maximum absolute atomic E-state index is 13.4. The molecule has 3 aromatic carbocycles. The molecule has 3 aromatic rings. The molecule has 6 nitrogen and oxygen atoms in total. The quantitative estimate of drug-likeness (QED) is 0.391. The molecule has 2 N–H and O–H groups in total. The average molecular weight is 540 g/mol. The Morgan fingerprint density at radius 2 is 1.62 bits per heavy atom. The molecule has 0 bridgehead atoms. The number of carbonyl (C=O) groups excluding carboxylic acids is 2. The lowest BCUT2D eigenvalue weighted by Gasteiger charge is -2.33. The number of nitrogens with zero attached hydrogens (tertiary/aromatic N) is 3. The molecule has 4 rings (SSSR count). The van der Waals surface area contributed by atoms with Gasteiger partial charge in [-0.1, -0.05) is 59.6 Å².